The number of thioether (sulfide) groups is 1. The molecule has 4 heteroatoms. The van der Waals surface area contributed by atoms with E-state index in [0.717, 1.165) is 13.0 Å². The van der Waals surface area contributed by atoms with Gasteiger partial charge in [-0.3, -0.25) is 4.79 Å². The monoisotopic (exact) mass is 215 g/mol. The molecule has 3 nitrogen and oxygen atoms in total. The van der Waals surface area contributed by atoms with Crippen LogP contribution in [0.2, 0.25) is 0 Å². The Morgan fingerprint density at radius 3 is 2.86 bits per heavy atom. The van der Waals surface area contributed by atoms with E-state index in [1.54, 1.807) is 0 Å². The minimum atomic E-state index is -0.0971. The average molecular weight is 215 g/mol. The van der Waals surface area contributed by atoms with Gasteiger partial charge in [0.2, 0.25) is 0 Å². The molecule has 1 N–H and O–H groups in total. The fourth-order valence-electron chi connectivity index (χ4n) is 2.41. The van der Waals surface area contributed by atoms with E-state index in [9.17, 15) is 4.79 Å². The van der Waals surface area contributed by atoms with E-state index in [1.807, 2.05) is 11.8 Å². The molecule has 1 atom stereocenters. The van der Waals surface area contributed by atoms with Gasteiger partial charge in [0.1, 0.15) is 6.04 Å². The highest BCUT2D eigenvalue weighted by molar-refractivity contribution is 7.99. The first-order chi connectivity index (χ1) is 6.76. The SMILES string of the molecule is COC(=O)C1CC2(CCSCC2)CN1. The molecule has 14 heavy (non-hydrogen) atoms. The van der Waals surface area contributed by atoms with Crippen molar-refractivity contribution in [2.75, 3.05) is 25.2 Å². The van der Waals surface area contributed by atoms with Crippen molar-refractivity contribution < 1.29 is 9.53 Å². The van der Waals surface area contributed by atoms with Crippen molar-refractivity contribution in [3.05, 3.63) is 0 Å². The maximum atomic E-state index is 11.4. The summed E-state index contributed by atoms with van der Waals surface area (Å²) in [5.41, 5.74) is 0.393. The number of nitrogens with one attached hydrogen (secondary N) is 1. The molecule has 2 heterocycles. The van der Waals surface area contributed by atoms with Crippen LogP contribution in [0.4, 0.5) is 0 Å². The minimum absolute atomic E-state index is 0.0527. The molecular weight excluding hydrogens is 198 g/mol. The molecule has 0 amide bonds. The molecule has 2 aliphatic rings. The number of esters is 1. The Morgan fingerprint density at radius 1 is 1.50 bits per heavy atom. The molecule has 2 rings (SSSR count). The standard InChI is InChI=1S/C10H17NO2S/c1-13-9(12)8-6-10(7-11-8)2-4-14-5-3-10/h8,11H,2-7H2,1H3. The van der Waals surface area contributed by atoms with Crippen LogP contribution in [0.3, 0.4) is 0 Å². The van der Waals surface area contributed by atoms with Gasteiger partial charge in [0.25, 0.3) is 0 Å². The number of carbonyl (C=O) groups is 1. The van der Waals surface area contributed by atoms with Gasteiger partial charge in [0.05, 0.1) is 7.11 Å². The first-order valence-electron chi connectivity index (χ1n) is 5.15. The van der Waals surface area contributed by atoms with Gasteiger partial charge in [-0.05, 0) is 36.2 Å². The lowest BCUT2D eigenvalue weighted by Crippen LogP contribution is -2.31. The molecule has 1 spiro atoms. The van der Waals surface area contributed by atoms with E-state index >= 15 is 0 Å². The van der Waals surface area contributed by atoms with Gasteiger partial charge < -0.3 is 10.1 Å². The van der Waals surface area contributed by atoms with Gasteiger partial charge >= 0.3 is 5.97 Å². The molecule has 0 saturated carbocycles. The van der Waals surface area contributed by atoms with Gasteiger partial charge in [-0.25, -0.2) is 0 Å². The second-order valence-electron chi connectivity index (χ2n) is 4.27. The number of hydrogen-bond acceptors (Lipinski definition) is 4. The molecule has 1 unspecified atom stereocenters. The normalized spacial score (nSPS) is 30.5. The predicted octanol–water partition coefficient (Wildman–Crippen LogP) is 1.03. The summed E-state index contributed by atoms with van der Waals surface area (Å²) in [6, 6.07) is -0.0527. The quantitative estimate of drug-likeness (QED) is 0.663. The fourth-order valence-corrected chi connectivity index (χ4v) is 3.77. The first kappa shape index (κ1) is 10.3. The second kappa shape index (κ2) is 4.11. The summed E-state index contributed by atoms with van der Waals surface area (Å²) < 4.78 is 4.76. The molecular formula is C10H17NO2S. The molecule has 0 bridgehead atoms. The maximum absolute atomic E-state index is 11.4. The lowest BCUT2D eigenvalue weighted by Gasteiger charge is -2.32. The summed E-state index contributed by atoms with van der Waals surface area (Å²) in [4.78, 5) is 11.4. The fraction of sp³-hybridized carbons (Fsp3) is 0.900. The third kappa shape index (κ3) is 1.91. The summed E-state index contributed by atoms with van der Waals surface area (Å²) in [5, 5.41) is 3.28. The Kier molecular flexibility index (Phi) is 3.02. The zero-order chi connectivity index (χ0) is 10.0. The van der Waals surface area contributed by atoms with Crippen molar-refractivity contribution in [3.8, 4) is 0 Å². The third-order valence-electron chi connectivity index (χ3n) is 3.40. The Morgan fingerprint density at radius 2 is 2.21 bits per heavy atom. The third-order valence-corrected chi connectivity index (χ3v) is 4.39. The Labute approximate surface area is 89.0 Å². The van der Waals surface area contributed by atoms with E-state index in [4.69, 9.17) is 4.74 Å². The summed E-state index contributed by atoms with van der Waals surface area (Å²) >= 11 is 2.03. The Bertz CT molecular complexity index is 226. The van der Waals surface area contributed by atoms with Crippen molar-refractivity contribution in [2.24, 2.45) is 5.41 Å². The van der Waals surface area contributed by atoms with Crippen LogP contribution in [0.25, 0.3) is 0 Å². The van der Waals surface area contributed by atoms with Crippen LogP contribution in [0.5, 0.6) is 0 Å². The van der Waals surface area contributed by atoms with Crippen LogP contribution in [-0.4, -0.2) is 37.2 Å². The van der Waals surface area contributed by atoms with E-state index in [0.29, 0.717) is 5.41 Å². The van der Waals surface area contributed by atoms with Crippen LogP contribution < -0.4 is 5.32 Å². The van der Waals surface area contributed by atoms with Crippen LogP contribution in [0, 0.1) is 5.41 Å². The van der Waals surface area contributed by atoms with E-state index in [-0.39, 0.29) is 12.0 Å². The number of methoxy groups -OCH3 is 1. The molecule has 0 aromatic rings. The van der Waals surface area contributed by atoms with Gasteiger partial charge in [-0.15, -0.1) is 0 Å². The minimum Gasteiger partial charge on any atom is -0.468 e. The Balaban J connectivity index is 1.95. The molecule has 0 radical (unpaired) electrons. The lowest BCUT2D eigenvalue weighted by molar-refractivity contribution is -0.142. The zero-order valence-corrected chi connectivity index (χ0v) is 9.36. The van der Waals surface area contributed by atoms with Crippen molar-refractivity contribution in [2.45, 2.75) is 25.3 Å². The molecule has 0 aliphatic carbocycles. The van der Waals surface area contributed by atoms with Crippen molar-refractivity contribution in [1.82, 2.24) is 5.32 Å². The van der Waals surface area contributed by atoms with Gasteiger partial charge in [-0.1, -0.05) is 0 Å². The smallest absolute Gasteiger partial charge is 0.322 e. The van der Waals surface area contributed by atoms with Gasteiger partial charge in [0.15, 0.2) is 0 Å². The van der Waals surface area contributed by atoms with Crippen molar-refractivity contribution >= 4 is 17.7 Å². The second-order valence-corrected chi connectivity index (χ2v) is 5.50. The topological polar surface area (TPSA) is 38.3 Å². The predicted molar refractivity (Wildman–Crippen MR) is 57.4 cm³/mol. The molecule has 0 aromatic heterocycles. The Hall–Kier alpha value is -0.220. The first-order valence-corrected chi connectivity index (χ1v) is 6.30. The van der Waals surface area contributed by atoms with Crippen LogP contribution in [0.1, 0.15) is 19.3 Å². The molecule has 2 aliphatic heterocycles. The highest BCUT2D eigenvalue weighted by Crippen LogP contribution is 2.41. The van der Waals surface area contributed by atoms with E-state index in [2.05, 4.69) is 5.32 Å². The number of ether oxygens (including phenoxy) is 1. The summed E-state index contributed by atoms with van der Waals surface area (Å²) in [5.74, 6) is 2.39. The molecule has 0 aromatic carbocycles. The molecule has 2 saturated heterocycles. The number of rotatable bonds is 1. The van der Waals surface area contributed by atoms with Crippen molar-refractivity contribution in [3.63, 3.8) is 0 Å². The zero-order valence-electron chi connectivity index (χ0n) is 8.54. The summed E-state index contributed by atoms with van der Waals surface area (Å²) in [7, 11) is 1.46. The van der Waals surface area contributed by atoms with Crippen LogP contribution in [-0.2, 0) is 9.53 Å². The van der Waals surface area contributed by atoms with Crippen LogP contribution >= 0.6 is 11.8 Å². The maximum Gasteiger partial charge on any atom is 0.322 e. The van der Waals surface area contributed by atoms with Gasteiger partial charge in [-0.2, -0.15) is 11.8 Å². The largest absolute Gasteiger partial charge is 0.468 e. The van der Waals surface area contributed by atoms with E-state index < -0.39 is 0 Å². The van der Waals surface area contributed by atoms with E-state index in [1.165, 1.54) is 31.5 Å². The number of carbonyl (C=O) groups excluding carboxylic acids is 1. The molecule has 80 valence electrons. The van der Waals surface area contributed by atoms with Crippen molar-refractivity contribution in [1.29, 1.82) is 0 Å². The lowest BCUT2D eigenvalue weighted by atomic mass is 9.80. The average Bonchev–Trinajstić information content (AvgIpc) is 2.62. The van der Waals surface area contributed by atoms with Gasteiger partial charge in [0, 0.05) is 6.54 Å². The highest BCUT2D eigenvalue weighted by Gasteiger charge is 2.42. The summed E-state index contributed by atoms with van der Waals surface area (Å²) in [6.07, 6.45) is 3.47. The number of hydrogen-bond donors (Lipinski definition) is 1. The molecule has 2 fully saturated rings. The summed E-state index contributed by atoms with van der Waals surface area (Å²) in [6.45, 7) is 0.993. The highest BCUT2D eigenvalue weighted by atomic mass is 32.2. The van der Waals surface area contributed by atoms with Crippen LogP contribution in [0.15, 0.2) is 0 Å².